The first-order valence-electron chi connectivity index (χ1n) is 6.59. The second-order valence-corrected chi connectivity index (χ2v) is 5.40. The van der Waals surface area contributed by atoms with E-state index < -0.39 is 5.54 Å². The molecule has 1 aliphatic rings. The van der Waals surface area contributed by atoms with Crippen LogP contribution < -0.4 is 5.32 Å². The van der Waals surface area contributed by atoms with E-state index in [1.807, 2.05) is 18.2 Å². The standard InChI is InChI=1S/C15H18N2O3/c1-15(2)14(20)16-13(19)10-17(15)9-8-12(18)11-6-4-3-5-7-11/h3-7H,8-10H2,1-2H3,(H,16,19,20). The number of hydrogen-bond acceptors (Lipinski definition) is 4. The molecular formula is C15H18N2O3. The lowest BCUT2D eigenvalue weighted by Gasteiger charge is -2.39. The van der Waals surface area contributed by atoms with Gasteiger partial charge in [-0.1, -0.05) is 30.3 Å². The Morgan fingerprint density at radius 3 is 2.55 bits per heavy atom. The summed E-state index contributed by atoms with van der Waals surface area (Å²) >= 11 is 0. The van der Waals surface area contributed by atoms with Gasteiger partial charge in [0.05, 0.1) is 12.1 Å². The lowest BCUT2D eigenvalue weighted by Crippen LogP contribution is -2.64. The van der Waals surface area contributed by atoms with Crippen LogP contribution in [0.15, 0.2) is 30.3 Å². The van der Waals surface area contributed by atoms with Crippen LogP contribution in [0.5, 0.6) is 0 Å². The van der Waals surface area contributed by atoms with Gasteiger partial charge in [0.15, 0.2) is 5.78 Å². The Morgan fingerprint density at radius 2 is 1.90 bits per heavy atom. The van der Waals surface area contributed by atoms with Gasteiger partial charge in [-0.2, -0.15) is 0 Å². The molecule has 0 radical (unpaired) electrons. The average molecular weight is 274 g/mol. The molecule has 1 fully saturated rings. The zero-order valence-corrected chi connectivity index (χ0v) is 11.7. The Morgan fingerprint density at radius 1 is 1.25 bits per heavy atom. The van der Waals surface area contributed by atoms with Gasteiger partial charge in [-0.3, -0.25) is 24.6 Å². The predicted octanol–water partition coefficient (Wildman–Crippen LogP) is 0.996. The number of nitrogens with zero attached hydrogens (tertiary/aromatic N) is 1. The van der Waals surface area contributed by atoms with Crippen LogP contribution >= 0.6 is 0 Å². The summed E-state index contributed by atoms with van der Waals surface area (Å²) in [7, 11) is 0. The van der Waals surface area contributed by atoms with E-state index >= 15 is 0 Å². The maximum atomic E-state index is 12.0. The summed E-state index contributed by atoms with van der Waals surface area (Å²) in [6, 6.07) is 9.01. The molecule has 0 saturated carbocycles. The lowest BCUT2D eigenvalue weighted by atomic mass is 9.97. The molecule has 1 N–H and O–H groups in total. The van der Waals surface area contributed by atoms with E-state index in [2.05, 4.69) is 5.32 Å². The van der Waals surface area contributed by atoms with Crippen molar-refractivity contribution in [2.24, 2.45) is 0 Å². The van der Waals surface area contributed by atoms with Crippen molar-refractivity contribution in [2.45, 2.75) is 25.8 Å². The lowest BCUT2D eigenvalue weighted by molar-refractivity contribution is -0.145. The third-order valence-electron chi connectivity index (χ3n) is 3.64. The largest absolute Gasteiger partial charge is 0.294 e. The molecule has 0 unspecified atom stereocenters. The van der Waals surface area contributed by atoms with Crippen LogP contribution in [-0.4, -0.2) is 41.1 Å². The van der Waals surface area contributed by atoms with E-state index in [9.17, 15) is 14.4 Å². The molecule has 2 amide bonds. The van der Waals surface area contributed by atoms with Crippen molar-refractivity contribution in [3.63, 3.8) is 0 Å². The molecule has 0 spiro atoms. The first-order chi connectivity index (χ1) is 9.41. The van der Waals surface area contributed by atoms with Gasteiger partial charge in [-0.05, 0) is 13.8 Å². The number of benzene rings is 1. The van der Waals surface area contributed by atoms with E-state index in [1.54, 1.807) is 30.9 Å². The van der Waals surface area contributed by atoms with Crippen molar-refractivity contribution in [2.75, 3.05) is 13.1 Å². The third kappa shape index (κ3) is 2.93. The highest BCUT2D eigenvalue weighted by Crippen LogP contribution is 2.18. The van der Waals surface area contributed by atoms with Gasteiger partial charge in [0, 0.05) is 18.5 Å². The molecule has 5 heteroatoms. The third-order valence-corrected chi connectivity index (χ3v) is 3.64. The molecule has 5 nitrogen and oxygen atoms in total. The number of imide groups is 1. The van der Waals surface area contributed by atoms with Gasteiger partial charge >= 0.3 is 0 Å². The summed E-state index contributed by atoms with van der Waals surface area (Å²) in [6.45, 7) is 4.03. The monoisotopic (exact) mass is 274 g/mol. The zero-order valence-electron chi connectivity index (χ0n) is 11.7. The molecule has 0 aliphatic carbocycles. The number of hydrogen-bond donors (Lipinski definition) is 1. The molecule has 20 heavy (non-hydrogen) atoms. The maximum absolute atomic E-state index is 12.0. The van der Waals surface area contributed by atoms with Crippen molar-refractivity contribution in [3.8, 4) is 0 Å². The van der Waals surface area contributed by atoms with Crippen molar-refractivity contribution in [1.82, 2.24) is 10.2 Å². The fraction of sp³-hybridized carbons (Fsp3) is 0.400. The number of piperazine rings is 1. The highest BCUT2D eigenvalue weighted by Gasteiger charge is 2.40. The second kappa shape index (κ2) is 5.54. The minimum Gasteiger partial charge on any atom is -0.294 e. The fourth-order valence-electron chi connectivity index (χ4n) is 2.20. The number of carbonyl (C=O) groups excluding carboxylic acids is 3. The van der Waals surface area contributed by atoms with E-state index in [0.29, 0.717) is 12.1 Å². The van der Waals surface area contributed by atoms with Crippen LogP contribution in [0.3, 0.4) is 0 Å². The predicted molar refractivity (Wildman–Crippen MR) is 74.2 cm³/mol. The van der Waals surface area contributed by atoms with Crippen LogP contribution in [-0.2, 0) is 9.59 Å². The molecule has 0 aromatic heterocycles. The molecule has 0 bridgehead atoms. The minimum atomic E-state index is -0.773. The average Bonchev–Trinajstić information content (AvgIpc) is 2.42. The summed E-state index contributed by atoms with van der Waals surface area (Å²) in [5.41, 5.74) is -0.122. The smallest absolute Gasteiger partial charge is 0.246 e. The first kappa shape index (κ1) is 14.4. The number of carbonyl (C=O) groups is 3. The summed E-state index contributed by atoms with van der Waals surface area (Å²) in [5.74, 6) is -0.623. The van der Waals surface area contributed by atoms with Crippen LogP contribution in [0.4, 0.5) is 0 Å². The number of ketones is 1. The van der Waals surface area contributed by atoms with E-state index in [0.717, 1.165) is 0 Å². The summed E-state index contributed by atoms with van der Waals surface area (Å²) in [4.78, 5) is 37.0. The molecule has 1 aromatic carbocycles. The molecule has 1 aromatic rings. The highest BCUT2D eigenvalue weighted by atomic mass is 16.2. The summed E-state index contributed by atoms with van der Waals surface area (Å²) < 4.78 is 0. The van der Waals surface area contributed by atoms with Crippen molar-refractivity contribution in [3.05, 3.63) is 35.9 Å². The van der Waals surface area contributed by atoms with E-state index in [1.165, 1.54) is 0 Å². The number of amides is 2. The first-order valence-corrected chi connectivity index (χ1v) is 6.59. The van der Waals surface area contributed by atoms with Crippen LogP contribution in [0, 0.1) is 0 Å². The Balaban J connectivity index is 2.01. The maximum Gasteiger partial charge on any atom is 0.246 e. The normalized spacial score (nSPS) is 18.7. The van der Waals surface area contributed by atoms with Gasteiger partial charge in [0.25, 0.3) is 0 Å². The fourth-order valence-corrected chi connectivity index (χ4v) is 2.20. The number of rotatable bonds is 4. The molecule has 1 aliphatic heterocycles. The van der Waals surface area contributed by atoms with Gasteiger partial charge in [0.1, 0.15) is 0 Å². The molecule has 0 atom stereocenters. The minimum absolute atomic E-state index is 0.0137. The molecule has 1 saturated heterocycles. The van der Waals surface area contributed by atoms with Gasteiger partial charge in [-0.15, -0.1) is 0 Å². The van der Waals surface area contributed by atoms with Gasteiger partial charge in [0.2, 0.25) is 11.8 Å². The molecule has 1 heterocycles. The van der Waals surface area contributed by atoms with Crippen LogP contribution in [0.2, 0.25) is 0 Å². The SMILES string of the molecule is CC1(C)C(=O)NC(=O)CN1CCC(=O)c1ccccc1. The zero-order chi connectivity index (χ0) is 14.8. The van der Waals surface area contributed by atoms with Crippen molar-refractivity contribution in [1.29, 1.82) is 0 Å². The topological polar surface area (TPSA) is 66.5 Å². The van der Waals surface area contributed by atoms with E-state index in [4.69, 9.17) is 0 Å². The second-order valence-electron chi connectivity index (χ2n) is 5.40. The molecular weight excluding hydrogens is 256 g/mol. The van der Waals surface area contributed by atoms with E-state index in [-0.39, 0.29) is 30.6 Å². The van der Waals surface area contributed by atoms with Crippen molar-refractivity contribution < 1.29 is 14.4 Å². The Bertz CT molecular complexity index is 537. The number of nitrogens with one attached hydrogen (secondary N) is 1. The summed E-state index contributed by atoms with van der Waals surface area (Å²) in [5, 5.41) is 2.31. The quantitative estimate of drug-likeness (QED) is 0.657. The summed E-state index contributed by atoms with van der Waals surface area (Å²) in [6.07, 6.45) is 0.286. The Hall–Kier alpha value is -2.01. The molecule has 2 rings (SSSR count). The molecule has 106 valence electrons. The van der Waals surface area contributed by atoms with Gasteiger partial charge < -0.3 is 0 Å². The Kier molecular flexibility index (Phi) is 3.99. The van der Waals surface area contributed by atoms with Crippen LogP contribution in [0.1, 0.15) is 30.6 Å². The highest BCUT2D eigenvalue weighted by molar-refractivity contribution is 6.03. The van der Waals surface area contributed by atoms with Crippen molar-refractivity contribution >= 4 is 17.6 Å². The van der Waals surface area contributed by atoms with Crippen LogP contribution in [0.25, 0.3) is 0 Å². The Labute approximate surface area is 118 Å². The van der Waals surface area contributed by atoms with Gasteiger partial charge in [-0.25, -0.2) is 0 Å². The number of Topliss-reactive ketones (excluding diaryl/α,β-unsaturated/α-hetero) is 1.